The molecule has 2 aromatic heterocycles. The van der Waals surface area contributed by atoms with Crippen molar-refractivity contribution >= 4 is 5.91 Å². The van der Waals surface area contributed by atoms with Crippen LogP contribution >= 0.6 is 0 Å². The highest BCUT2D eigenvalue weighted by Crippen LogP contribution is 2.29. The molecule has 1 aliphatic heterocycles. The molecule has 7 heteroatoms. The van der Waals surface area contributed by atoms with Gasteiger partial charge in [-0.1, -0.05) is 30.3 Å². The van der Waals surface area contributed by atoms with Gasteiger partial charge in [0.15, 0.2) is 6.10 Å². The van der Waals surface area contributed by atoms with Gasteiger partial charge in [-0.05, 0) is 18.6 Å². The molecule has 0 spiro atoms. The van der Waals surface area contributed by atoms with Crippen LogP contribution in [0.4, 0.5) is 0 Å². The quantitative estimate of drug-likeness (QED) is 0.694. The van der Waals surface area contributed by atoms with Crippen LogP contribution in [-0.4, -0.2) is 39.2 Å². The highest BCUT2D eigenvalue weighted by molar-refractivity contribution is 5.92. The van der Waals surface area contributed by atoms with E-state index in [1.54, 1.807) is 22.8 Å². The Morgan fingerprint density at radius 2 is 2.11 bits per heavy atom. The van der Waals surface area contributed by atoms with Crippen LogP contribution in [0.1, 0.15) is 46.4 Å². The van der Waals surface area contributed by atoms with Crippen molar-refractivity contribution in [3.8, 4) is 0 Å². The van der Waals surface area contributed by atoms with E-state index < -0.39 is 0 Å². The maximum atomic E-state index is 12.7. The average Bonchev–Trinajstić information content (AvgIpc) is 3.35. The first-order valence-electron chi connectivity index (χ1n) is 9.08. The molecular weight excluding hydrogens is 344 g/mol. The van der Waals surface area contributed by atoms with Crippen molar-refractivity contribution in [2.24, 2.45) is 0 Å². The Kier molecular flexibility index (Phi) is 4.77. The molecule has 3 heterocycles. The minimum absolute atomic E-state index is 0.0799. The number of nitrogens with zero attached hydrogens (tertiary/aromatic N) is 4. The standard InChI is InChI=1S/C20H22N4O3/c1-3-24-12-9-15(22-24)20(25)23-11-10-17-16(13-23)21-19(27-17)18(26-2)14-7-5-4-6-8-14/h4-9,12,18H,3,10-11,13H2,1-2H3. The van der Waals surface area contributed by atoms with Crippen molar-refractivity contribution in [3.05, 3.63) is 71.2 Å². The van der Waals surface area contributed by atoms with Crippen LogP contribution in [-0.2, 0) is 24.2 Å². The number of oxazole rings is 1. The second kappa shape index (κ2) is 7.36. The average molecular weight is 366 g/mol. The third-order valence-electron chi connectivity index (χ3n) is 4.78. The van der Waals surface area contributed by atoms with Crippen LogP contribution in [0.15, 0.2) is 47.0 Å². The Hall–Kier alpha value is -2.93. The molecule has 0 aliphatic carbocycles. The summed E-state index contributed by atoms with van der Waals surface area (Å²) in [4.78, 5) is 19.1. The monoisotopic (exact) mass is 366 g/mol. The fraction of sp³-hybridized carbons (Fsp3) is 0.350. The first kappa shape index (κ1) is 17.5. The molecule has 4 rings (SSSR count). The van der Waals surface area contributed by atoms with E-state index in [9.17, 15) is 4.79 Å². The minimum atomic E-state index is -0.360. The Labute approximate surface area is 157 Å². The van der Waals surface area contributed by atoms with Crippen molar-refractivity contribution in [2.75, 3.05) is 13.7 Å². The third kappa shape index (κ3) is 3.38. The number of rotatable bonds is 5. The van der Waals surface area contributed by atoms with E-state index in [2.05, 4.69) is 10.1 Å². The molecular formula is C20H22N4O3. The number of hydrogen-bond acceptors (Lipinski definition) is 5. The van der Waals surface area contributed by atoms with Gasteiger partial charge in [0.25, 0.3) is 5.91 Å². The zero-order valence-corrected chi connectivity index (χ0v) is 15.5. The lowest BCUT2D eigenvalue weighted by molar-refractivity contribution is 0.0720. The summed E-state index contributed by atoms with van der Waals surface area (Å²) in [7, 11) is 1.64. The van der Waals surface area contributed by atoms with E-state index in [-0.39, 0.29) is 12.0 Å². The molecule has 140 valence electrons. The van der Waals surface area contributed by atoms with Crippen LogP contribution in [0.3, 0.4) is 0 Å². The van der Waals surface area contributed by atoms with Crippen LogP contribution in [0, 0.1) is 0 Å². The normalized spacial score (nSPS) is 14.8. The molecule has 7 nitrogen and oxygen atoms in total. The predicted molar refractivity (Wildman–Crippen MR) is 98.1 cm³/mol. The lowest BCUT2D eigenvalue weighted by atomic mass is 10.1. The largest absolute Gasteiger partial charge is 0.442 e. The van der Waals surface area contributed by atoms with Crippen molar-refractivity contribution < 1.29 is 13.9 Å². The molecule has 1 aromatic carbocycles. The molecule has 0 radical (unpaired) electrons. The summed E-state index contributed by atoms with van der Waals surface area (Å²) in [5, 5.41) is 4.31. The molecule has 1 atom stereocenters. The molecule has 0 saturated carbocycles. The Bertz CT molecular complexity index is 932. The summed E-state index contributed by atoms with van der Waals surface area (Å²) in [5.74, 6) is 1.27. The molecule has 27 heavy (non-hydrogen) atoms. The van der Waals surface area contributed by atoms with E-state index in [1.807, 2.05) is 43.5 Å². The van der Waals surface area contributed by atoms with E-state index in [1.165, 1.54) is 0 Å². The number of carbonyl (C=O) groups excluding carboxylic acids is 1. The first-order valence-corrected chi connectivity index (χ1v) is 9.08. The van der Waals surface area contributed by atoms with Gasteiger partial charge in [0.05, 0.1) is 6.54 Å². The van der Waals surface area contributed by atoms with Gasteiger partial charge in [0.1, 0.15) is 17.1 Å². The zero-order chi connectivity index (χ0) is 18.8. The van der Waals surface area contributed by atoms with Crippen LogP contribution in [0.2, 0.25) is 0 Å². The molecule has 1 aliphatic rings. The van der Waals surface area contributed by atoms with E-state index >= 15 is 0 Å². The number of aromatic nitrogens is 3. The van der Waals surface area contributed by atoms with Crippen molar-refractivity contribution in [2.45, 2.75) is 32.5 Å². The highest BCUT2D eigenvalue weighted by Gasteiger charge is 2.29. The lowest BCUT2D eigenvalue weighted by Crippen LogP contribution is -2.36. The zero-order valence-electron chi connectivity index (χ0n) is 15.5. The summed E-state index contributed by atoms with van der Waals surface area (Å²) in [5.41, 5.74) is 2.23. The van der Waals surface area contributed by atoms with Gasteiger partial charge in [0, 0.05) is 32.8 Å². The summed E-state index contributed by atoms with van der Waals surface area (Å²) < 4.78 is 13.3. The number of benzene rings is 1. The van der Waals surface area contributed by atoms with Gasteiger partial charge >= 0.3 is 0 Å². The van der Waals surface area contributed by atoms with Crippen molar-refractivity contribution in [3.63, 3.8) is 0 Å². The topological polar surface area (TPSA) is 73.4 Å². The third-order valence-corrected chi connectivity index (χ3v) is 4.78. The van der Waals surface area contributed by atoms with Gasteiger partial charge < -0.3 is 14.1 Å². The van der Waals surface area contributed by atoms with Gasteiger partial charge in [-0.2, -0.15) is 5.10 Å². The first-order chi connectivity index (χ1) is 13.2. The maximum Gasteiger partial charge on any atom is 0.274 e. The number of methoxy groups -OCH3 is 1. The molecule has 0 bridgehead atoms. The number of hydrogen-bond donors (Lipinski definition) is 0. The van der Waals surface area contributed by atoms with Gasteiger partial charge in [-0.3, -0.25) is 9.48 Å². The Morgan fingerprint density at radius 1 is 1.30 bits per heavy atom. The minimum Gasteiger partial charge on any atom is -0.442 e. The van der Waals surface area contributed by atoms with Crippen molar-refractivity contribution in [1.82, 2.24) is 19.7 Å². The van der Waals surface area contributed by atoms with Gasteiger partial charge in [-0.15, -0.1) is 0 Å². The molecule has 1 amide bonds. The fourth-order valence-electron chi connectivity index (χ4n) is 3.33. The summed E-state index contributed by atoms with van der Waals surface area (Å²) in [6.45, 7) is 3.73. The summed E-state index contributed by atoms with van der Waals surface area (Å²) >= 11 is 0. The molecule has 1 unspecified atom stereocenters. The predicted octanol–water partition coefficient (Wildman–Crippen LogP) is 2.83. The van der Waals surface area contributed by atoms with Gasteiger partial charge in [-0.25, -0.2) is 4.98 Å². The smallest absolute Gasteiger partial charge is 0.274 e. The SMILES string of the molecule is CCn1ccc(C(=O)N2CCc3oc(C(OC)c4ccccc4)nc3C2)n1. The second-order valence-corrected chi connectivity index (χ2v) is 6.48. The van der Waals surface area contributed by atoms with E-state index in [4.69, 9.17) is 9.15 Å². The van der Waals surface area contributed by atoms with Gasteiger partial charge in [0.2, 0.25) is 5.89 Å². The molecule has 0 N–H and O–H groups in total. The van der Waals surface area contributed by atoms with Crippen LogP contribution in [0.25, 0.3) is 0 Å². The molecule has 0 fully saturated rings. The second-order valence-electron chi connectivity index (χ2n) is 6.48. The number of ether oxygens (including phenoxy) is 1. The lowest BCUT2D eigenvalue weighted by Gasteiger charge is -2.24. The van der Waals surface area contributed by atoms with Crippen molar-refractivity contribution in [1.29, 1.82) is 0 Å². The number of aryl methyl sites for hydroxylation is 1. The Morgan fingerprint density at radius 3 is 2.81 bits per heavy atom. The summed E-state index contributed by atoms with van der Waals surface area (Å²) in [6.07, 6.45) is 2.09. The number of amides is 1. The summed E-state index contributed by atoms with van der Waals surface area (Å²) in [6, 6.07) is 11.6. The number of carbonyl (C=O) groups is 1. The van der Waals surface area contributed by atoms with E-state index in [0.717, 1.165) is 23.6 Å². The van der Waals surface area contributed by atoms with Crippen LogP contribution in [0.5, 0.6) is 0 Å². The number of fused-ring (bicyclic) bond motifs is 1. The molecule has 3 aromatic rings. The van der Waals surface area contributed by atoms with E-state index in [0.29, 0.717) is 31.1 Å². The fourth-order valence-corrected chi connectivity index (χ4v) is 3.33. The maximum absolute atomic E-state index is 12.7. The van der Waals surface area contributed by atoms with Crippen LogP contribution < -0.4 is 0 Å². The Balaban J connectivity index is 1.54. The highest BCUT2D eigenvalue weighted by atomic mass is 16.5. The molecule has 0 saturated heterocycles.